The number of carbonyl (C=O) groups is 1. The van der Waals surface area contributed by atoms with Crippen molar-refractivity contribution in [1.29, 1.82) is 0 Å². The van der Waals surface area contributed by atoms with Crippen LogP contribution in [0.2, 0.25) is 0 Å². The molecule has 1 aromatic heterocycles. The van der Waals surface area contributed by atoms with Crippen LogP contribution in [-0.4, -0.2) is 46.9 Å². The molecule has 2 aromatic rings. The largest absolute Gasteiger partial charge is 0.271 e. The first kappa shape index (κ1) is 21.2. The Balaban J connectivity index is 1.80. The van der Waals surface area contributed by atoms with Crippen LogP contribution in [0.1, 0.15) is 44.1 Å². The summed E-state index contributed by atoms with van der Waals surface area (Å²) in [6.45, 7) is 9.05. The Bertz CT molecular complexity index is 1050. The smallest absolute Gasteiger partial charge is 0.264 e. The predicted molar refractivity (Wildman–Crippen MR) is 111 cm³/mol. The average molecular weight is 418 g/mol. The van der Waals surface area contributed by atoms with Gasteiger partial charge in [0.25, 0.3) is 5.91 Å². The number of aryl methyl sites for hydroxylation is 1. The average Bonchev–Trinajstić information content (AvgIpc) is 3.19. The molecule has 0 bridgehead atoms. The second-order valence-electron chi connectivity index (χ2n) is 8.19. The van der Waals surface area contributed by atoms with Crippen LogP contribution in [0.4, 0.5) is 0 Å². The van der Waals surface area contributed by atoms with Gasteiger partial charge < -0.3 is 0 Å². The summed E-state index contributed by atoms with van der Waals surface area (Å²) in [5.74, 6) is -0.228. The highest BCUT2D eigenvalue weighted by Gasteiger charge is 2.30. The molecular weight excluding hydrogens is 390 g/mol. The lowest BCUT2D eigenvalue weighted by Gasteiger charge is -2.20. The number of carbonyl (C=O) groups excluding carboxylic acids is 1. The molecule has 8 nitrogen and oxygen atoms in total. The molecule has 3 rings (SSSR count). The van der Waals surface area contributed by atoms with E-state index in [1.54, 1.807) is 34.6 Å². The van der Waals surface area contributed by atoms with Gasteiger partial charge in [-0.1, -0.05) is 30.3 Å². The molecule has 0 saturated heterocycles. The molecular formula is C20H27N5O3S. The van der Waals surface area contributed by atoms with Crippen molar-refractivity contribution in [3.8, 4) is 0 Å². The summed E-state index contributed by atoms with van der Waals surface area (Å²) in [5, 5.41) is 10.2. The van der Waals surface area contributed by atoms with Gasteiger partial charge in [-0.3, -0.25) is 9.48 Å². The van der Waals surface area contributed by atoms with E-state index in [0.717, 1.165) is 11.3 Å². The number of nitrogens with one attached hydrogen (secondary N) is 1. The number of amides is 1. The summed E-state index contributed by atoms with van der Waals surface area (Å²) >= 11 is 0. The van der Waals surface area contributed by atoms with E-state index < -0.39 is 15.6 Å². The zero-order valence-electron chi connectivity index (χ0n) is 17.4. The maximum atomic E-state index is 12.8. The number of nitrogens with zero attached hydrogens (tertiary/aromatic N) is 4. The third-order valence-corrected chi connectivity index (χ3v) is 6.52. The summed E-state index contributed by atoms with van der Waals surface area (Å²) in [6, 6.07) is 9.74. The van der Waals surface area contributed by atoms with E-state index in [1.165, 1.54) is 9.69 Å². The standard InChI is InChI=1S/C20H27N5O3S/c1-14-19(29(27,28)23-20(3,4)5)15(2)25(21-14)13-18(26)24-12-11-17(22-24)16-9-7-6-8-10-16/h6-10,23H,11-13H2,1-5H3. The third kappa shape index (κ3) is 4.73. The highest BCUT2D eigenvalue weighted by Crippen LogP contribution is 2.22. The molecule has 156 valence electrons. The Morgan fingerprint density at radius 2 is 1.83 bits per heavy atom. The lowest BCUT2D eigenvalue weighted by Crippen LogP contribution is -2.40. The van der Waals surface area contributed by atoms with E-state index in [9.17, 15) is 13.2 Å². The van der Waals surface area contributed by atoms with Gasteiger partial charge in [-0.15, -0.1) is 0 Å². The number of aromatic nitrogens is 2. The molecule has 0 atom stereocenters. The summed E-state index contributed by atoms with van der Waals surface area (Å²) < 4.78 is 29.6. The van der Waals surface area contributed by atoms with Crippen molar-refractivity contribution in [2.45, 2.75) is 58.0 Å². The fourth-order valence-corrected chi connectivity index (χ4v) is 5.19. The second kappa shape index (κ2) is 7.72. The number of hydrazone groups is 1. The molecule has 0 spiro atoms. The molecule has 1 amide bonds. The molecule has 0 aliphatic carbocycles. The molecule has 1 N–H and O–H groups in total. The maximum Gasteiger partial charge on any atom is 0.264 e. The molecule has 1 aliphatic heterocycles. The van der Waals surface area contributed by atoms with E-state index in [2.05, 4.69) is 14.9 Å². The number of rotatable bonds is 5. The van der Waals surface area contributed by atoms with Crippen molar-refractivity contribution in [3.05, 3.63) is 47.3 Å². The minimum Gasteiger partial charge on any atom is -0.271 e. The van der Waals surface area contributed by atoms with E-state index in [-0.39, 0.29) is 17.3 Å². The van der Waals surface area contributed by atoms with Gasteiger partial charge in [-0.25, -0.2) is 18.1 Å². The summed E-state index contributed by atoms with van der Waals surface area (Å²) in [6.07, 6.45) is 0.683. The fourth-order valence-electron chi connectivity index (χ4n) is 3.36. The van der Waals surface area contributed by atoms with E-state index in [1.807, 2.05) is 30.3 Å². The zero-order valence-corrected chi connectivity index (χ0v) is 18.2. The van der Waals surface area contributed by atoms with E-state index >= 15 is 0 Å². The first-order valence-electron chi connectivity index (χ1n) is 9.49. The quantitative estimate of drug-likeness (QED) is 0.807. The van der Waals surface area contributed by atoms with Gasteiger partial charge in [0.2, 0.25) is 10.0 Å². The molecule has 1 aromatic carbocycles. The second-order valence-corrected chi connectivity index (χ2v) is 9.81. The van der Waals surface area contributed by atoms with Crippen LogP contribution in [-0.2, 0) is 21.4 Å². The van der Waals surface area contributed by atoms with Crippen LogP contribution in [0.15, 0.2) is 40.3 Å². The Hall–Kier alpha value is -2.52. The van der Waals surface area contributed by atoms with Crippen molar-refractivity contribution in [1.82, 2.24) is 19.5 Å². The van der Waals surface area contributed by atoms with Gasteiger partial charge >= 0.3 is 0 Å². The Morgan fingerprint density at radius 1 is 1.17 bits per heavy atom. The zero-order chi connectivity index (χ0) is 21.4. The van der Waals surface area contributed by atoms with Crippen LogP contribution in [0, 0.1) is 13.8 Å². The Morgan fingerprint density at radius 3 is 2.45 bits per heavy atom. The number of hydrogen-bond donors (Lipinski definition) is 1. The minimum atomic E-state index is -3.74. The molecule has 29 heavy (non-hydrogen) atoms. The molecule has 0 radical (unpaired) electrons. The SMILES string of the molecule is Cc1nn(CC(=O)N2CCC(c3ccccc3)=N2)c(C)c1S(=O)(=O)NC(C)(C)C. The molecule has 0 fully saturated rings. The van der Waals surface area contributed by atoms with Crippen LogP contribution < -0.4 is 4.72 Å². The van der Waals surface area contributed by atoms with Crippen LogP contribution in [0.3, 0.4) is 0 Å². The molecule has 2 heterocycles. The van der Waals surface area contributed by atoms with Crippen LogP contribution in [0.25, 0.3) is 0 Å². The molecule has 9 heteroatoms. The van der Waals surface area contributed by atoms with Gasteiger partial charge in [0.05, 0.1) is 23.6 Å². The van der Waals surface area contributed by atoms with Crippen molar-refractivity contribution in [3.63, 3.8) is 0 Å². The van der Waals surface area contributed by atoms with Crippen LogP contribution in [0.5, 0.6) is 0 Å². The van der Waals surface area contributed by atoms with Gasteiger partial charge in [-0.05, 0) is 40.2 Å². The summed E-state index contributed by atoms with van der Waals surface area (Å²) in [5.41, 5.74) is 2.04. The van der Waals surface area contributed by atoms with Crippen molar-refractivity contribution >= 4 is 21.6 Å². The van der Waals surface area contributed by atoms with Crippen LogP contribution >= 0.6 is 0 Å². The minimum absolute atomic E-state index is 0.0662. The van der Waals surface area contributed by atoms with Crippen molar-refractivity contribution in [2.24, 2.45) is 5.10 Å². The topological polar surface area (TPSA) is 96.7 Å². The number of hydrogen-bond acceptors (Lipinski definition) is 5. The van der Waals surface area contributed by atoms with Gasteiger partial charge in [0.15, 0.2) is 0 Å². The normalized spacial score (nSPS) is 14.9. The first-order chi connectivity index (χ1) is 13.5. The maximum absolute atomic E-state index is 12.8. The molecule has 0 unspecified atom stereocenters. The van der Waals surface area contributed by atoms with Gasteiger partial charge in [0, 0.05) is 12.0 Å². The summed E-state index contributed by atoms with van der Waals surface area (Å²) in [7, 11) is -3.74. The number of benzene rings is 1. The molecule has 1 aliphatic rings. The summed E-state index contributed by atoms with van der Waals surface area (Å²) in [4.78, 5) is 12.9. The van der Waals surface area contributed by atoms with Gasteiger partial charge in [0.1, 0.15) is 11.4 Å². The highest BCUT2D eigenvalue weighted by atomic mass is 32.2. The Kier molecular flexibility index (Phi) is 5.64. The van der Waals surface area contributed by atoms with Crippen molar-refractivity contribution in [2.75, 3.05) is 6.54 Å². The van der Waals surface area contributed by atoms with Crippen molar-refractivity contribution < 1.29 is 13.2 Å². The molecule has 0 saturated carbocycles. The first-order valence-corrected chi connectivity index (χ1v) is 11.0. The van der Waals surface area contributed by atoms with E-state index in [4.69, 9.17) is 0 Å². The van der Waals surface area contributed by atoms with E-state index in [0.29, 0.717) is 24.4 Å². The fraction of sp³-hybridized carbons (Fsp3) is 0.450. The monoisotopic (exact) mass is 417 g/mol. The lowest BCUT2D eigenvalue weighted by atomic mass is 10.1. The van der Waals surface area contributed by atoms with Gasteiger partial charge in [-0.2, -0.15) is 10.2 Å². The lowest BCUT2D eigenvalue weighted by molar-refractivity contribution is -0.131. The Labute approximate surface area is 171 Å². The predicted octanol–water partition coefficient (Wildman–Crippen LogP) is 2.21. The third-order valence-electron chi connectivity index (χ3n) is 4.51. The highest BCUT2D eigenvalue weighted by molar-refractivity contribution is 7.89. The number of sulfonamides is 1.